The van der Waals surface area contributed by atoms with Gasteiger partial charge in [-0.25, -0.2) is 12.8 Å². The van der Waals surface area contributed by atoms with Crippen molar-refractivity contribution in [2.45, 2.75) is 18.4 Å². The number of nitrogens with zero attached hydrogens (tertiary/aromatic N) is 2. The maximum Gasteiger partial charge on any atom is 0.265 e. The number of amides is 1. The summed E-state index contributed by atoms with van der Waals surface area (Å²) in [6.45, 7) is 2.13. The number of carbonyl (C=O) groups excluding carboxylic acids is 1. The summed E-state index contributed by atoms with van der Waals surface area (Å²) >= 11 is 0. The lowest BCUT2D eigenvalue weighted by atomic mass is 10.1. The molecule has 0 atom stereocenters. The van der Waals surface area contributed by atoms with Crippen LogP contribution >= 0.6 is 0 Å². The zero-order chi connectivity index (χ0) is 19.9. The minimum atomic E-state index is -3.79. The summed E-state index contributed by atoms with van der Waals surface area (Å²) in [6, 6.07) is 16.5. The van der Waals surface area contributed by atoms with Crippen LogP contribution < -0.4 is 4.31 Å². The molecule has 1 heterocycles. The first-order valence-electron chi connectivity index (χ1n) is 8.98. The number of benzene rings is 3. The molecule has 28 heavy (non-hydrogen) atoms. The minimum absolute atomic E-state index is 0.220. The van der Waals surface area contributed by atoms with Crippen LogP contribution in [0.2, 0.25) is 0 Å². The van der Waals surface area contributed by atoms with Crippen molar-refractivity contribution in [1.29, 1.82) is 0 Å². The van der Waals surface area contributed by atoms with Gasteiger partial charge in [0.1, 0.15) is 12.4 Å². The standard InChI is InChI=1S/C21H19FN2O3S/c1-2-23(13-15-6-3-9-17(22)12-15)20(25)14-24-18-10-4-7-16-8-5-11-19(21(16)18)28(24,26)27/h3-12H,2,13-14H2,1H3. The van der Waals surface area contributed by atoms with Gasteiger partial charge in [-0.05, 0) is 42.1 Å². The molecule has 0 saturated carbocycles. The molecule has 3 aromatic rings. The smallest absolute Gasteiger partial charge is 0.265 e. The van der Waals surface area contributed by atoms with E-state index in [9.17, 15) is 17.6 Å². The van der Waals surface area contributed by atoms with Gasteiger partial charge < -0.3 is 4.90 Å². The summed E-state index contributed by atoms with van der Waals surface area (Å²) in [6.07, 6.45) is 0. The Morgan fingerprint density at radius 1 is 1.07 bits per heavy atom. The van der Waals surface area contributed by atoms with E-state index < -0.39 is 10.0 Å². The molecule has 5 nitrogen and oxygen atoms in total. The van der Waals surface area contributed by atoms with E-state index in [0.717, 1.165) is 5.39 Å². The van der Waals surface area contributed by atoms with Crippen molar-refractivity contribution in [3.8, 4) is 0 Å². The molecule has 1 aliphatic heterocycles. The van der Waals surface area contributed by atoms with Crippen LogP contribution in [0.4, 0.5) is 10.1 Å². The normalized spacial score (nSPS) is 14.4. The average molecular weight is 398 g/mol. The first-order chi connectivity index (χ1) is 13.4. The summed E-state index contributed by atoms with van der Waals surface area (Å²) in [5, 5.41) is 1.46. The lowest BCUT2D eigenvalue weighted by Crippen LogP contribution is -2.41. The molecule has 4 rings (SSSR count). The van der Waals surface area contributed by atoms with Crippen LogP contribution in [0.5, 0.6) is 0 Å². The van der Waals surface area contributed by atoms with Gasteiger partial charge in [0, 0.05) is 18.5 Å². The first-order valence-corrected chi connectivity index (χ1v) is 10.4. The van der Waals surface area contributed by atoms with E-state index in [1.807, 2.05) is 19.1 Å². The van der Waals surface area contributed by atoms with E-state index in [1.54, 1.807) is 36.4 Å². The highest BCUT2D eigenvalue weighted by Crippen LogP contribution is 2.41. The summed E-state index contributed by atoms with van der Waals surface area (Å²) in [5.74, 6) is -0.703. The average Bonchev–Trinajstić information content (AvgIpc) is 2.89. The second-order valence-corrected chi connectivity index (χ2v) is 8.51. The van der Waals surface area contributed by atoms with Crippen LogP contribution in [0.1, 0.15) is 12.5 Å². The van der Waals surface area contributed by atoms with Crippen molar-refractivity contribution in [2.75, 3.05) is 17.4 Å². The second kappa shape index (κ2) is 6.91. The topological polar surface area (TPSA) is 57.7 Å². The molecule has 0 aliphatic carbocycles. The highest BCUT2D eigenvalue weighted by molar-refractivity contribution is 7.93. The Morgan fingerprint density at radius 3 is 2.50 bits per heavy atom. The number of anilines is 1. The quantitative estimate of drug-likeness (QED) is 0.661. The zero-order valence-corrected chi connectivity index (χ0v) is 16.1. The minimum Gasteiger partial charge on any atom is -0.337 e. The van der Waals surface area contributed by atoms with Gasteiger partial charge >= 0.3 is 0 Å². The Hall–Kier alpha value is -2.93. The fourth-order valence-corrected chi connectivity index (χ4v) is 5.24. The third-order valence-electron chi connectivity index (χ3n) is 4.96. The third-order valence-corrected chi connectivity index (χ3v) is 6.76. The van der Waals surface area contributed by atoms with Crippen LogP contribution in [-0.4, -0.2) is 32.3 Å². The van der Waals surface area contributed by atoms with Crippen LogP contribution in [0.3, 0.4) is 0 Å². The molecule has 1 aliphatic rings. The molecular weight excluding hydrogens is 379 g/mol. The predicted molar refractivity (Wildman–Crippen MR) is 106 cm³/mol. The van der Waals surface area contributed by atoms with Gasteiger partial charge in [-0.3, -0.25) is 9.10 Å². The Balaban J connectivity index is 1.63. The molecule has 0 N–H and O–H groups in total. The highest BCUT2D eigenvalue weighted by Gasteiger charge is 2.37. The molecule has 0 bridgehead atoms. The predicted octanol–water partition coefficient (Wildman–Crippen LogP) is 3.54. The van der Waals surface area contributed by atoms with Crippen molar-refractivity contribution in [2.24, 2.45) is 0 Å². The van der Waals surface area contributed by atoms with Crippen molar-refractivity contribution in [3.05, 3.63) is 72.0 Å². The van der Waals surface area contributed by atoms with E-state index in [1.165, 1.54) is 21.3 Å². The van der Waals surface area contributed by atoms with Gasteiger partial charge in [-0.1, -0.05) is 36.4 Å². The van der Waals surface area contributed by atoms with Crippen LogP contribution in [0.25, 0.3) is 10.8 Å². The van der Waals surface area contributed by atoms with Crippen LogP contribution in [-0.2, 0) is 21.4 Å². The van der Waals surface area contributed by atoms with Gasteiger partial charge in [0.25, 0.3) is 10.0 Å². The van der Waals surface area contributed by atoms with Gasteiger partial charge in [-0.15, -0.1) is 0 Å². The number of hydrogen-bond donors (Lipinski definition) is 0. The van der Waals surface area contributed by atoms with E-state index >= 15 is 0 Å². The zero-order valence-electron chi connectivity index (χ0n) is 15.3. The number of hydrogen-bond acceptors (Lipinski definition) is 3. The number of likely N-dealkylation sites (N-methyl/N-ethyl adjacent to an activating group) is 1. The van der Waals surface area contributed by atoms with Gasteiger partial charge in [0.15, 0.2) is 0 Å². The molecule has 7 heteroatoms. The molecule has 0 aromatic heterocycles. The van der Waals surface area contributed by atoms with Crippen molar-refractivity contribution in [1.82, 2.24) is 4.90 Å². The van der Waals surface area contributed by atoms with Crippen LogP contribution in [0, 0.1) is 5.82 Å². The fourth-order valence-electron chi connectivity index (χ4n) is 3.58. The van der Waals surface area contributed by atoms with Gasteiger partial charge in [-0.2, -0.15) is 0 Å². The molecule has 1 amide bonds. The molecule has 0 radical (unpaired) electrons. The van der Waals surface area contributed by atoms with Crippen LogP contribution in [0.15, 0.2) is 65.6 Å². The summed E-state index contributed by atoms with van der Waals surface area (Å²) in [4.78, 5) is 14.6. The van der Waals surface area contributed by atoms with Gasteiger partial charge in [0.05, 0.1) is 10.6 Å². The maximum atomic E-state index is 13.4. The Kier molecular flexibility index (Phi) is 4.55. The molecule has 144 valence electrons. The maximum absolute atomic E-state index is 13.4. The van der Waals surface area contributed by atoms with Crippen molar-refractivity contribution in [3.63, 3.8) is 0 Å². The lowest BCUT2D eigenvalue weighted by Gasteiger charge is -2.25. The highest BCUT2D eigenvalue weighted by atomic mass is 32.2. The summed E-state index contributed by atoms with van der Waals surface area (Å²) in [7, 11) is -3.79. The molecule has 0 fully saturated rings. The molecule has 0 spiro atoms. The second-order valence-electron chi connectivity index (χ2n) is 6.68. The number of carbonyl (C=O) groups is 1. The van der Waals surface area contributed by atoms with Gasteiger partial charge in [0.2, 0.25) is 5.91 Å². The van der Waals surface area contributed by atoms with Crippen molar-refractivity contribution >= 4 is 32.4 Å². The SMILES string of the molecule is CCN(Cc1cccc(F)c1)C(=O)CN1c2cccc3cccc(c23)S1(=O)=O. The number of sulfonamides is 1. The largest absolute Gasteiger partial charge is 0.337 e. The van der Waals surface area contributed by atoms with E-state index in [4.69, 9.17) is 0 Å². The first kappa shape index (κ1) is 18.4. The third kappa shape index (κ3) is 3.01. The van der Waals surface area contributed by atoms with E-state index in [-0.39, 0.29) is 29.7 Å². The molecule has 0 saturated heterocycles. The van der Waals surface area contributed by atoms with Crippen molar-refractivity contribution < 1.29 is 17.6 Å². The molecular formula is C21H19FN2O3S. The Bertz CT molecular complexity index is 1170. The number of halogens is 1. The van der Waals surface area contributed by atoms with E-state index in [0.29, 0.717) is 23.2 Å². The summed E-state index contributed by atoms with van der Waals surface area (Å²) in [5.41, 5.74) is 1.17. The fraction of sp³-hybridized carbons (Fsp3) is 0.190. The Labute approximate surface area is 163 Å². The summed E-state index contributed by atoms with van der Waals surface area (Å²) < 4.78 is 40.6. The Morgan fingerprint density at radius 2 is 1.79 bits per heavy atom. The number of rotatable bonds is 5. The lowest BCUT2D eigenvalue weighted by molar-refractivity contribution is -0.129. The van der Waals surface area contributed by atoms with E-state index in [2.05, 4.69) is 0 Å². The molecule has 3 aromatic carbocycles. The monoisotopic (exact) mass is 398 g/mol. The molecule has 0 unspecified atom stereocenters.